The molecule has 3 heteroatoms. The van der Waals surface area contributed by atoms with Crippen molar-refractivity contribution in [2.75, 3.05) is 0 Å². The molecule has 0 saturated carbocycles. The molecule has 0 spiro atoms. The minimum Gasteiger partial charge on any atom is -0.403 e. The van der Waals surface area contributed by atoms with Crippen LogP contribution in [-0.2, 0) is 9.31 Å². The monoisotopic (exact) mass is 268 g/mol. The van der Waals surface area contributed by atoms with E-state index in [1.165, 1.54) is 38.5 Å². The van der Waals surface area contributed by atoms with Gasteiger partial charge in [-0.05, 0) is 33.5 Å². The molecule has 2 nitrogen and oxygen atoms in total. The normalized spacial score (nSPS) is 22.7. The van der Waals surface area contributed by atoms with Gasteiger partial charge < -0.3 is 9.31 Å². The fourth-order valence-electron chi connectivity index (χ4n) is 2.62. The van der Waals surface area contributed by atoms with E-state index in [2.05, 4.69) is 41.5 Å². The molecule has 1 aliphatic rings. The summed E-state index contributed by atoms with van der Waals surface area (Å²) in [6.45, 7) is 13.1. The molecule has 0 N–H and O–H groups in total. The Morgan fingerprint density at radius 2 is 1.37 bits per heavy atom. The molecule has 1 fully saturated rings. The molecule has 0 amide bonds. The number of hydrogen-bond acceptors (Lipinski definition) is 2. The van der Waals surface area contributed by atoms with Gasteiger partial charge in [0.1, 0.15) is 0 Å². The molecule has 0 radical (unpaired) electrons. The Morgan fingerprint density at radius 1 is 0.842 bits per heavy atom. The second-order valence-electron chi connectivity index (χ2n) is 7.00. The fourth-order valence-corrected chi connectivity index (χ4v) is 2.62. The molecule has 0 aromatic heterocycles. The minimum atomic E-state index is -0.187. The van der Waals surface area contributed by atoms with Crippen molar-refractivity contribution in [3.63, 3.8) is 0 Å². The SMILES string of the molecule is CCCCCCCC(CC)B1OC(C)(C)C(C)(C)O1. The molecule has 1 unspecified atom stereocenters. The van der Waals surface area contributed by atoms with Gasteiger partial charge in [0.25, 0.3) is 0 Å². The lowest BCUT2D eigenvalue weighted by Crippen LogP contribution is -2.41. The molecular weight excluding hydrogens is 235 g/mol. The molecule has 19 heavy (non-hydrogen) atoms. The van der Waals surface area contributed by atoms with E-state index in [0.29, 0.717) is 5.82 Å². The summed E-state index contributed by atoms with van der Waals surface area (Å²) in [7, 11) is -0.0128. The standard InChI is InChI=1S/C16H33BO2/c1-7-9-10-11-12-13-14(8-2)17-18-15(3,4)16(5,6)19-17/h14H,7-13H2,1-6H3. The molecule has 1 saturated heterocycles. The third-order valence-corrected chi connectivity index (χ3v) is 4.86. The highest BCUT2D eigenvalue weighted by molar-refractivity contribution is 6.47. The summed E-state index contributed by atoms with van der Waals surface area (Å²) in [5.74, 6) is 0.544. The van der Waals surface area contributed by atoms with E-state index in [0.717, 1.165) is 6.42 Å². The largest absolute Gasteiger partial charge is 0.461 e. The van der Waals surface area contributed by atoms with E-state index in [-0.39, 0.29) is 18.3 Å². The van der Waals surface area contributed by atoms with Crippen LogP contribution in [0, 0.1) is 0 Å². The van der Waals surface area contributed by atoms with Crippen LogP contribution < -0.4 is 0 Å². The summed E-state index contributed by atoms with van der Waals surface area (Å²) in [5, 5.41) is 0. The fraction of sp³-hybridized carbons (Fsp3) is 1.00. The number of hydrogen-bond donors (Lipinski definition) is 0. The van der Waals surface area contributed by atoms with Gasteiger partial charge in [0.05, 0.1) is 11.2 Å². The van der Waals surface area contributed by atoms with E-state index < -0.39 is 0 Å². The van der Waals surface area contributed by atoms with Crippen molar-refractivity contribution in [2.24, 2.45) is 0 Å². The summed E-state index contributed by atoms with van der Waals surface area (Å²) in [6.07, 6.45) is 9.09. The van der Waals surface area contributed by atoms with Gasteiger partial charge in [-0.15, -0.1) is 0 Å². The number of unbranched alkanes of at least 4 members (excludes halogenated alkanes) is 4. The summed E-state index contributed by atoms with van der Waals surface area (Å²) in [4.78, 5) is 0. The summed E-state index contributed by atoms with van der Waals surface area (Å²) >= 11 is 0. The molecule has 0 aliphatic carbocycles. The van der Waals surface area contributed by atoms with Gasteiger partial charge in [-0.2, -0.15) is 0 Å². The third-order valence-electron chi connectivity index (χ3n) is 4.86. The van der Waals surface area contributed by atoms with Crippen molar-refractivity contribution in [3.05, 3.63) is 0 Å². The Labute approximate surface area is 120 Å². The van der Waals surface area contributed by atoms with Gasteiger partial charge in [-0.3, -0.25) is 0 Å². The van der Waals surface area contributed by atoms with Crippen LogP contribution in [0.2, 0.25) is 5.82 Å². The smallest absolute Gasteiger partial charge is 0.403 e. The van der Waals surface area contributed by atoms with Gasteiger partial charge in [0.2, 0.25) is 0 Å². The summed E-state index contributed by atoms with van der Waals surface area (Å²) in [5.41, 5.74) is -0.374. The summed E-state index contributed by atoms with van der Waals surface area (Å²) in [6, 6.07) is 0. The zero-order valence-electron chi connectivity index (χ0n) is 13.9. The Bertz CT molecular complexity index is 247. The van der Waals surface area contributed by atoms with E-state index in [1.54, 1.807) is 0 Å². The highest BCUT2D eigenvalue weighted by Crippen LogP contribution is 2.42. The Balaban J connectivity index is 2.40. The average Bonchev–Trinajstić information content (AvgIpc) is 2.53. The van der Waals surface area contributed by atoms with Gasteiger partial charge >= 0.3 is 7.12 Å². The minimum absolute atomic E-state index is 0.0128. The first-order chi connectivity index (χ1) is 8.84. The Hall–Kier alpha value is -0.0151. The first-order valence-corrected chi connectivity index (χ1v) is 8.19. The lowest BCUT2D eigenvalue weighted by atomic mass is 9.67. The van der Waals surface area contributed by atoms with Crippen LogP contribution >= 0.6 is 0 Å². The average molecular weight is 268 g/mol. The van der Waals surface area contributed by atoms with Gasteiger partial charge in [-0.1, -0.05) is 58.8 Å². The highest BCUT2D eigenvalue weighted by Gasteiger charge is 2.52. The van der Waals surface area contributed by atoms with Crippen molar-refractivity contribution in [2.45, 2.75) is 104 Å². The van der Waals surface area contributed by atoms with E-state index in [4.69, 9.17) is 9.31 Å². The lowest BCUT2D eigenvalue weighted by molar-refractivity contribution is 0.00578. The molecule has 1 rings (SSSR count). The van der Waals surface area contributed by atoms with Crippen LogP contribution in [0.1, 0.15) is 86.5 Å². The van der Waals surface area contributed by atoms with Gasteiger partial charge in [0.15, 0.2) is 0 Å². The lowest BCUT2D eigenvalue weighted by Gasteiger charge is -2.32. The van der Waals surface area contributed by atoms with Crippen LogP contribution in [0.3, 0.4) is 0 Å². The first kappa shape index (κ1) is 17.0. The van der Waals surface area contributed by atoms with Crippen molar-refractivity contribution in [1.29, 1.82) is 0 Å². The molecular formula is C16H33BO2. The van der Waals surface area contributed by atoms with Crippen molar-refractivity contribution >= 4 is 7.12 Å². The number of rotatable bonds is 8. The summed E-state index contributed by atoms with van der Waals surface area (Å²) < 4.78 is 12.3. The van der Waals surface area contributed by atoms with E-state index >= 15 is 0 Å². The van der Waals surface area contributed by atoms with Crippen LogP contribution in [0.4, 0.5) is 0 Å². The predicted octanol–water partition coefficient (Wildman–Crippen LogP) is 5.22. The maximum atomic E-state index is 6.17. The molecule has 1 atom stereocenters. The Kier molecular flexibility index (Phi) is 6.39. The van der Waals surface area contributed by atoms with Crippen LogP contribution in [0.15, 0.2) is 0 Å². The molecule has 0 aromatic rings. The van der Waals surface area contributed by atoms with Gasteiger partial charge in [-0.25, -0.2) is 0 Å². The van der Waals surface area contributed by atoms with Crippen LogP contribution in [0.5, 0.6) is 0 Å². The third kappa shape index (κ3) is 4.49. The molecule has 1 aliphatic heterocycles. The molecule has 1 heterocycles. The molecule has 0 aromatic carbocycles. The van der Waals surface area contributed by atoms with Crippen LogP contribution in [0.25, 0.3) is 0 Å². The topological polar surface area (TPSA) is 18.5 Å². The second kappa shape index (κ2) is 7.13. The Morgan fingerprint density at radius 3 is 1.84 bits per heavy atom. The van der Waals surface area contributed by atoms with Crippen molar-refractivity contribution in [1.82, 2.24) is 0 Å². The maximum Gasteiger partial charge on any atom is 0.461 e. The van der Waals surface area contributed by atoms with E-state index in [1.807, 2.05) is 0 Å². The highest BCUT2D eigenvalue weighted by atomic mass is 16.7. The molecule has 0 bridgehead atoms. The first-order valence-electron chi connectivity index (χ1n) is 8.19. The van der Waals surface area contributed by atoms with E-state index in [9.17, 15) is 0 Å². The quantitative estimate of drug-likeness (QED) is 0.444. The maximum absolute atomic E-state index is 6.17. The predicted molar refractivity (Wildman–Crippen MR) is 83.5 cm³/mol. The molecule has 112 valence electrons. The van der Waals surface area contributed by atoms with Crippen molar-refractivity contribution < 1.29 is 9.31 Å². The van der Waals surface area contributed by atoms with Gasteiger partial charge in [0, 0.05) is 0 Å². The van der Waals surface area contributed by atoms with Crippen LogP contribution in [-0.4, -0.2) is 18.3 Å². The van der Waals surface area contributed by atoms with Crippen molar-refractivity contribution in [3.8, 4) is 0 Å². The zero-order chi connectivity index (χ0) is 14.5. The second-order valence-corrected chi connectivity index (χ2v) is 7.00. The zero-order valence-corrected chi connectivity index (χ0v) is 13.9.